The van der Waals surface area contributed by atoms with Crippen molar-refractivity contribution in [3.63, 3.8) is 0 Å². The highest BCUT2D eigenvalue weighted by Crippen LogP contribution is 2.17. The standard InChI is InChI=1S/C10H18N2O/c1-4-10(2,3)7-11-5-9-6-12-8-13-9/h6,8,11H,4-5,7H2,1-3H3. The van der Waals surface area contributed by atoms with Gasteiger partial charge in [-0.2, -0.15) is 0 Å². The molecule has 0 fully saturated rings. The summed E-state index contributed by atoms with van der Waals surface area (Å²) >= 11 is 0. The van der Waals surface area contributed by atoms with Crippen LogP contribution < -0.4 is 5.32 Å². The number of nitrogens with zero attached hydrogens (tertiary/aromatic N) is 1. The first-order valence-corrected chi connectivity index (χ1v) is 4.72. The van der Waals surface area contributed by atoms with E-state index in [4.69, 9.17) is 4.42 Å². The van der Waals surface area contributed by atoms with Gasteiger partial charge in [0, 0.05) is 6.54 Å². The topological polar surface area (TPSA) is 38.1 Å². The molecule has 74 valence electrons. The quantitative estimate of drug-likeness (QED) is 0.758. The summed E-state index contributed by atoms with van der Waals surface area (Å²) in [4.78, 5) is 3.85. The fourth-order valence-electron chi connectivity index (χ4n) is 0.979. The first-order valence-electron chi connectivity index (χ1n) is 4.72. The largest absolute Gasteiger partial charge is 0.447 e. The molecule has 1 N–H and O–H groups in total. The summed E-state index contributed by atoms with van der Waals surface area (Å²) in [5, 5.41) is 3.35. The van der Waals surface area contributed by atoms with Crippen molar-refractivity contribution in [2.75, 3.05) is 6.54 Å². The highest BCUT2D eigenvalue weighted by atomic mass is 16.3. The summed E-state index contributed by atoms with van der Waals surface area (Å²) in [5.74, 6) is 0.895. The predicted octanol–water partition coefficient (Wildman–Crippen LogP) is 2.20. The monoisotopic (exact) mass is 182 g/mol. The fourth-order valence-corrected chi connectivity index (χ4v) is 0.979. The third kappa shape index (κ3) is 3.59. The Bertz CT molecular complexity index is 229. The Morgan fingerprint density at radius 2 is 2.31 bits per heavy atom. The molecule has 0 saturated carbocycles. The van der Waals surface area contributed by atoms with Crippen molar-refractivity contribution in [1.29, 1.82) is 0 Å². The molecule has 0 bridgehead atoms. The average Bonchev–Trinajstić information content (AvgIpc) is 2.57. The van der Waals surface area contributed by atoms with Crippen molar-refractivity contribution in [3.8, 4) is 0 Å². The summed E-state index contributed by atoms with van der Waals surface area (Å²) in [7, 11) is 0. The zero-order chi connectivity index (χ0) is 9.73. The third-order valence-electron chi connectivity index (χ3n) is 2.34. The van der Waals surface area contributed by atoms with Crippen LogP contribution >= 0.6 is 0 Å². The van der Waals surface area contributed by atoms with Crippen LogP contribution in [0.15, 0.2) is 17.0 Å². The second-order valence-electron chi connectivity index (χ2n) is 4.09. The molecule has 0 aliphatic heterocycles. The van der Waals surface area contributed by atoms with E-state index in [1.54, 1.807) is 6.20 Å². The van der Waals surface area contributed by atoms with Crippen LogP contribution in [0.3, 0.4) is 0 Å². The molecule has 0 atom stereocenters. The molecule has 0 spiro atoms. The van der Waals surface area contributed by atoms with E-state index in [1.807, 2.05) is 0 Å². The molecular formula is C10H18N2O. The van der Waals surface area contributed by atoms with Crippen LogP contribution in [0.4, 0.5) is 0 Å². The normalized spacial score (nSPS) is 11.9. The Morgan fingerprint density at radius 3 is 2.85 bits per heavy atom. The zero-order valence-electron chi connectivity index (χ0n) is 8.63. The Hall–Kier alpha value is -0.830. The number of nitrogens with one attached hydrogen (secondary N) is 1. The molecule has 0 aliphatic rings. The molecule has 0 aromatic carbocycles. The van der Waals surface area contributed by atoms with Gasteiger partial charge in [0.25, 0.3) is 0 Å². The van der Waals surface area contributed by atoms with E-state index in [2.05, 4.69) is 31.1 Å². The van der Waals surface area contributed by atoms with E-state index in [0.717, 1.165) is 18.8 Å². The number of hydrogen-bond acceptors (Lipinski definition) is 3. The number of oxazole rings is 1. The average molecular weight is 182 g/mol. The maximum Gasteiger partial charge on any atom is 0.180 e. The SMILES string of the molecule is CCC(C)(C)CNCc1cnco1. The summed E-state index contributed by atoms with van der Waals surface area (Å²) in [6, 6.07) is 0. The van der Waals surface area contributed by atoms with Gasteiger partial charge in [-0.1, -0.05) is 20.8 Å². The highest BCUT2D eigenvalue weighted by molar-refractivity contribution is 4.87. The maximum absolute atomic E-state index is 5.11. The minimum Gasteiger partial charge on any atom is -0.447 e. The van der Waals surface area contributed by atoms with Crippen LogP contribution in [0.5, 0.6) is 0 Å². The van der Waals surface area contributed by atoms with Crippen LogP contribution in [-0.2, 0) is 6.54 Å². The molecule has 3 nitrogen and oxygen atoms in total. The van der Waals surface area contributed by atoms with Crippen molar-refractivity contribution < 1.29 is 4.42 Å². The molecule has 0 aliphatic carbocycles. The molecule has 1 heterocycles. The molecule has 0 radical (unpaired) electrons. The lowest BCUT2D eigenvalue weighted by Gasteiger charge is -2.22. The number of hydrogen-bond donors (Lipinski definition) is 1. The lowest BCUT2D eigenvalue weighted by atomic mass is 9.90. The smallest absolute Gasteiger partial charge is 0.180 e. The fraction of sp³-hybridized carbons (Fsp3) is 0.700. The van der Waals surface area contributed by atoms with Crippen LogP contribution in [-0.4, -0.2) is 11.5 Å². The zero-order valence-corrected chi connectivity index (χ0v) is 8.63. The Morgan fingerprint density at radius 1 is 1.54 bits per heavy atom. The molecule has 3 heteroatoms. The second-order valence-corrected chi connectivity index (χ2v) is 4.09. The molecule has 1 rings (SSSR count). The van der Waals surface area contributed by atoms with Crippen molar-refractivity contribution in [2.45, 2.75) is 33.7 Å². The van der Waals surface area contributed by atoms with Gasteiger partial charge in [0.1, 0.15) is 5.76 Å². The molecule has 0 unspecified atom stereocenters. The van der Waals surface area contributed by atoms with Crippen LogP contribution in [0.1, 0.15) is 33.0 Å². The van der Waals surface area contributed by atoms with Gasteiger partial charge in [-0.3, -0.25) is 0 Å². The van der Waals surface area contributed by atoms with E-state index >= 15 is 0 Å². The van der Waals surface area contributed by atoms with Crippen molar-refractivity contribution >= 4 is 0 Å². The second kappa shape index (κ2) is 4.42. The Kier molecular flexibility index (Phi) is 3.48. The van der Waals surface area contributed by atoms with Gasteiger partial charge < -0.3 is 9.73 Å². The molecule has 1 aromatic rings. The van der Waals surface area contributed by atoms with Gasteiger partial charge in [0.05, 0.1) is 12.7 Å². The van der Waals surface area contributed by atoms with Crippen molar-refractivity contribution in [2.24, 2.45) is 5.41 Å². The number of rotatable bonds is 5. The summed E-state index contributed by atoms with van der Waals surface area (Å²) in [6.07, 6.45) is 4.38. The van der Waals surface area contributed by atoms with Crippen molar-refractivity contribution in [1.82, 2.24) is 10.3 Å². The predicted molar refractivity (Wildman–Crippen MR) is 52.3 cm³/mol. The van der Waals surface area contributed by atoms with Gasteiger partial charge in [-0.25, -0.2) is 4.98 Å². The first kappa shape index (κ1) is 10.3. The summed E-state index contributed by atoms with van der Waals surface area (Å²) in [5.41, 5.74) is 0.361. The Labute approximate surface area is 79.5 Å². The van der Waals surface area contributed by atoms with E-state index in [9.17, 15) is 0 Å². The molecule has 0 amide bonds. The number of aromatic nitrogens is 1. The van der Waals surface area contributed by atoms with Gasteiger partial charge in [0.15, 0.2) is 6.39 Å². The Balaban J connectivity index is 2.21. The third-order valence-corrected chi connectivity index (χ3v) is 2.34. The highest BCUT2D eigenvalue weighted by Gasteiger charge is 2.13. The summed E-state index contributed by atoms with van der Waals surface area (Å²) in [6.45, 7) is 8.48. The lowest BCUT2D eigenvalue weighted by Crippen LogP contribution is -2.28. The summed E-state index contributed by atoms with van der Waals surface area (Å²) < 4.78 is 5.11. The van der Waals surface area contributed by atoms with E-state index in [-0.39, 0.29) is 0 Å². The molecule has 13 heavy (non-hydrogen) atoms. The lowest BCUT2D eigenvalue weighted by molar-refractivity contribution is 0.321. The van der Waals surface area contributed by atoms with Gasteiger partial charge in [0.2, 0.25) is 0 Å². The molecular weight excluding hydrogens is 164 g/mol. The van der Waals surface area contributed by atoms with Crippen LogP contribution in [0, 0.1) is 5.41 Å². The van der Waals surface area contributed by atoms with E-state index < -0.39 is 0 Å². The van der Waals surface area contributed by atoms with Crippen LogP contribution in [0.2, 0.25) is 0 Å². The van der Waals surface area contributed by atoms with E-state index in [1.165, 1.54) is 12.8 Å². The van der Waals surface area contributed by atoms with Gasteiger partial charge in [-0.05, 0) is 11.8 Å². The van der Waals surface area contributed by atoms with Gasteiger partial charge >= 0.3 is 0 Å². The van der Waals surface area contributed by atoms with Crippen molar-refractivity contribution in [3.05, 3.63) is 18.4 Å². The molecule has 1 aromatic heterocycles. The van der Waals surface area contributed by atoms with Gasteiger partial charge in [-0.15, -0.1) is 0 Å². The minimum atomic E-state index is 0.361. The first-order chi connectivity index (χ1) is 6.14. The molecule has 0 saturated heterocycles. The van der Waals surface area contributed by atoms with E-state index in [0.29, 0.717) is 5.41 Å². The minimum absolute atomic E-state index is 0.361. The van der Waals surface area contributed by atoms with Crippen LogP contribution in [0.25, 0.3) is 0 Å². The maximum atomic E-state index is 5.11.